The van der Waals surface area contributed by atoms with E-state index in [-0.39, 0.29) is 0 Å². The second-order valence-corrected chi connectivity index (χ2v) is 13.2. The lowest BCUT2D eigenvalue weighted by atomic mass is 10.0. The maximum absolute atomic E-state index is 5.23. The van der Waals surface area contributed by atoms with E-state index < -0.39 is 0 Å². The molecule has 2 aliphatic heterocycles. The Labute approximate surface area is 293 Å². The van der Waals surface area contributed by atoms with Gasteiger partial charge in [0.2, 0.25) is 0 Å². The predicted octanol–water partition coefficient (Wildman–Crippen LogP) is 10.0. The summed E-state index contributed by atoms with van der Waals surface area (Å²) < 4.78 is 0. The highest BCUT2D eigenvalue weighted by atomic mass is 15.1. The van der Waals surface area contributed by atoms with Gasteiger partial charge in [0.05, 0.1) is 0 Å². The summed E-state index contributed by atoms with van der Waals surface area (Å²) in [6, 6.07) is 35.2. The van der Waals surface area contributed by atoms with Gasteiger partial charge >= 0.3 is 0 Å². The molecular formula is C42H33N9. The molecule has 9 nitrogen and oxygen atoms in total. The van der Waals surface area contributed by atoms with Crippen LogP contribution in [0.25, 0.3) is 100 Å². The molecule has 10 rings (SSSR count). The maximum Gasteiger partial charge on any atom is 0.164 e. The van der Waals surface area contributed by atoms with Gasteiger partial charge in [-0.3, -0.25) is 0 Å². The molecule has 0 atom stereocenters. The van der Waals surface area contributed by atoms with Crippen molar-refractivity contribution >= 4 is 60.6 Å². The average Bonchev–Trinajstić information content (AvgIpc) is 3.89. The van der Waals surface area contributed by atoms with Gasteiger partial charge in [-0.2, -0.15) is 0 Å². The van der Waals surface area contributed by atoms with Crippen LogP contribution in [0.5, 0.6) is 0 Å². The van der Waals surface area contributed by atoms with E-state index in [9.17, 15) is 0 Å². The summed E-state index contributed by atoms with van der Waals surface area (Å²) in [5, 5.41) is 9.78. The van der Waals surface area contributed by atoms with Crippen LogP contribution in [0.2, 0.25) is 0 Å². The van der Waals surface area contributed by atoms with Crippen molar-refractivity contribution in [1.29, 1.82) is 0 Å². The Morgan fingerprint density at radius 3 is 1.47 bits per heavy atom. The lowest BCUT2D eigenvalue weighted by molar-refractivity contribution is 0.685. The number of rotatable bonds is 6. The van der Waals surface area contributed by atoms with Gasteiger partial charge in [0.25, 0.3) is 0 Å². The molecule has 9 heteroatoms. The van der Waals surface area contributed by atoms with Gasteiger partial charge in [-0.1, -0.05) is 111 Å². The zero-order chi connectivity index (χ0) is 33.9. The first-order chi connectivity index (χ1) is 25.2. The molecule has 0 saturated carbocycles. The number of benzene rings is 5. The fraction of sp³-hybridized carbons (Fsp3) is 0.143. The van der Waals surface area contributed by atoms with Gasteiger partial charge in [-0.05, 0) is 30.0 Å². The van der Waals surface area contributed by atoms with Crippen LogP contribution in [0.4, 0.5) is 5.69 Å². The summed E-state index contributed by atoms with van der Waals surface area (Å²) in [4.78, 5) is 37.8. The van der Waals surface area contributed by atoms with E-state index in [1.807, 2.05) is 54.6 Å². The van der Waals surface area contributed by atoms with Gasteiger partial charge in [-0.15, -0.1) is 0 Å². The lowest BCUT2D eigenvalue weighted by Gasteiger charge is -2.10. The lowest BCUT2D eigenvalue weighted by Crippen LogP contribution is -2.01. The third-order valence-corrected chi connectivity index (χ3v) is 9.90. The molecule has 3 N–H and O–H groups in total. The number of H-pyrrole nitrogens is 2. The fourth-order valence-electron chi connectivity index (χ4n) is 7.34. The summed E-state index contributed by atoms with van der Waals surface area (Å²) in [5.41, 5.74) is 7.52. The molecule has 0 spiro atoms. The summed E-state index contributed by atoms with van der Waals surface area (Å²) in [6.07, 6.45) is 4.83. The van der Waals surface area contributed by atoms with Crippen molar-refractivity contribution in [2.45, 2.75) is 32.6 Å². The minimum Gasteiger partial charge on any atom is -0.385 e. The number of aromatic amines is 2. The number of fused-ring (bicyclic) bond motifs is 21. The zero-order valence-electron chi connectivity index (χ0n) is 28.0. The average molecular weight is 664 g/mol. The van der Waals surface area contributed by atoms with Crippen molar-refractivity contribution in [3.63, 3.8) is 0 Å². The summed E-state index contributed by atoms with van der Waals surface area (Å²) in [6.45, 7) is 3.17. The molecule has 0 unspecified atom stereocenters. The van der Waals surface area contributed by atoms with Gasteiger partial charge in [-0.25, -0.2) is 29.9 Å². The Kier molecular flexibility index (Phi) is 6.83. The molecular weight excluding hydrogens is 631 g/mol. The Bertz CT molecular complexity index is 2850. The first-order valence-corrected chi connectivity index (χ1v) is 17.6. The molecule has 0 amide bonds. The van der Waals surface area contributed by atoms with Crippen molar-refractivity contribution in [3.05, 3.63) is 103 Å². The van der Waals surface area contributed by atoms with Crippen LogP contribution in [0.3, 0.4) is 0 Å². The van der Waals surface area contributed by atoms with Gasteiger partial charge in [0.1, 0.15) is 22.6 Å². The summed E-state index contributed by atoms with van der Waals surface area (Å²) in [7, 11) is 0. The molecule has 246 valence electrons. The quantitative estimate of drug-likeness (QED) is 0.151. The molecule has 0 saturated heterocycles. The normalized spacial score (nSPS) is 12.0. The van der Waals surface area contributed by atoms with Crippen molar-refractivity contribution in [1.82, 2.24) is 39.9 Å². The van der Waals surface area contributed by atoms with E-state index in [1.54, 1.807) is 0 Å². The fourth-order valence-corrected chi connectivity index (χ4v) is 7.34. The monoisotopic (exact) mass is 663 g/mol. The van der Waals surface area contributed by atoms with Gasteiger partial charge < -0.3 is 15.3 Å². The standard InChI is InChI=1S/C42H33N9/c1-2-3-4-11-21-43-34-20-12-13-24-22-32-33(23-31(24)34)42-50-40-30-19-10-8-17-28(30)38(48-40)46-36-26-15-6-5-14-25(26)35(44-36)45-37-27-16-7-9-18-29(27)39(47-37)49-41(32)51-42/h5-10,12-20,22-23,43H,2-4,11,21H2,1H3,(H2,44,45,46,47,48,49,50,51). The molecule has 8 bridgehead atoms. The number of aromatic nitrogens is 8. The number of hydrogen-bond donors (Lipinski definition) is 3. The smallest absolute Gasteiger partial charge is 0.164 e. The highest BCUT2D eigenvalue weighted by Gasteiger charge is 2.22. The van der Waals surface area contributed by atoms with Crippen LogP contribution < -0.4 is 5.32 Å². The summed E-state index contributed by atoms with van der Waals surface area (Å²) in [5.74, 6) is 2.37. The van der Waals surface area contributed by atoms with E-state index >= 15 is 0 Å². The second kappa shape index (κ2) is 11.8. The Hall–Kier alpha value is -6.48. The van der Waals surface area contributed by atoms with Gasteiger partial charge in [0, 0.05) is 61.4 Å². The molecule has 51 heavy (non-hydrogen) atoms. The van der Waals surface area contributed by atoms with E-state index in [0.717, 1.165) is 73.2 Å². The van der Waals surface area contributed by atoms with Gasteiger partial charge in [0.15, 0.2) is 23.3 Å². The number of nitrogens with zero attached hydrogens (tertiary/aromatic N) is 6. The highest BCUT2D eigenvalue weighted by Crippen LogP contribution is 2.38. The molecule has 3 aromatic heterocycles. The second-order valence-electron chi connectivity index (χ2n) is 13.2. The highest BCUT2D eigenvalue weighted by molar-refractivity contribution is 6.13. The first-order valence-electron chi connectivity index (χ1n) is 17.6. The third kappa shape index (κ3) is 4.92. The molecule has 5 aromatic carbocycles. The largest absolute Gasteiger partial charge is 0.385 e. The van der Waals surface area contributed by atoms with Crippen LogP contribution in [0.1, 0.15) is 32.6 Å². The number of unbranched alkanes of at least 4 members (excludes halogenated alkanes) is 3. The predicted molar refractivity (Wildman–Crippen MR) is 206 cm³/mol. The SMILES string of the molecule is CCCCCCNc1cccc2cc3c4nc5nc(nc6[nH]c(nc7nc(nc([nH]4)c3cc12)-c1ccccc1-7)c1ccccc61)-c1ccccc1-5. The Morgan fingerprint density at radius 1 is 0.451 bits per heavy atom. The maximum atomic E-state index is 5.23. The number of anilines is 1. The van der Waals surface area contributed by atoms with Crippen LogP contribution in [-0.4, -0.2) is 46.4 Å². The van der Waals surface area contributed by atoms with Crippen LogP contribution in [0.15, 0.2) is 103 Å². The summed E-state index contributed by atoms with van der Waals surface area (Å²) >= 11 is 0. The Morgan fingerprint density at radius 2 is 0.941 bits per heavy atom. The van der Waals surface area contributed by atoms with E-state index in [2.05, 4.69) is 70.7 Å². The van der Waals surface area contributed by atoms with E-state index in [4.69, 9.17) is 29.9 Å². The van der Waals surface area contributed by atoms with Crippen molar-refractivity contribution in [3.8, 4) is 45.6 Å². The topological polar surface area (TPSA) is 121 Å². The first kappa shape index (κ1) is 29.4. The molecule has 2 aliphatic rings. The molecule has 0 fully saturated rings. The van der Waals surface area contributed by atoms with E-state index in [1.165, 1.54) is 19.3 Å². The number of nitrogens with one attached hydrogen (secondary N) is 3. The molecule has 0 radical (unpaired) electrons. The van der Waals surface area contributed by atoms with Crippen molar-refractivity contribution < 1.29 is 0 Å². The van der Waals surface area contributed by atoms with Crippen LogP contribution in [0, 0.1) is 0 Å². The molecule has 5 heterocycles. The minimum absolute atomic E-state index is 0.591. The number of hydrogen-bond acceptors (Lipinski definition) is 7. The zero-order valence-corrected chi connectivity index (χ0v) is 28.0. The third-order valence-electron chi connectivity index (χ3n) is 9.90. The minimum atomic E-state index is 0.591. The molecule has 8 aromatic rings. The molecule has 0 aliphatic carbocycles. The van der Waals surface area contributed by atoms with Crippen LogP contribution >= 0.6 is 0 Å². The van der Waals surface area contributed by atoms with Crippen LogP contribution in [-0.2, 0) is 0 Å². The van der Waals surface area contributed by atoms with Crippen molar-refractivity contribution in [2.75, 3.05) is 11.9 Å². The van der Waals surface area contributed by atoms with Crippen molar-refractivity contribution in [2.24, 2.45) is 0 Å². The van der Waals surface area contributed by atoms with E-state index in [0.29, 0.717) is 45.9 Å². The Balaban J connectivity index is 1.30.